The topological polar surface area (TPSA) is 64.9 Å². The normalized spacial score (nSPS) is 11.8. The molecule has 0 aromatic rings. The van der Waals surface area contributed by atoms with Crippen molar-refractivity contribution >= 4 is 5.91 Å². The van der Waals surface area contributed by atoms with E-state index in [0.29, 0.717) is 13.0 Å². The van der Waals surface area contributed by atoms with E-state index in [2.05, 4.69) is 16.7 Å². The van der Waals surface area contributed by atoms with E-state index in [9.17, 15) is 4.79 Å². The maximum Gasteiger partial charge on any atom is 0.236 e. The summed E-state index contributed by atoms with van der Waals surface area (Å²) in [7, 11) is 1.75. The fourth-order valence-corrected chi connectivity index (χ4v) is 0.825. The van der Waals surface area contributed by atoms with Crippen LogP contribution < -0.4 is 10.6 Å². The van der Waals surface area contributed by atoms with Crippen LogP contribution in [-0.4, -0.2) is 25.5 Å². The van der Waals surface area contributed by atoms with Crippen LogP contribution in [0.15, 0.2) is 0 Å². The van der Waals surface area contributed by atoms with Crippen molar-refractivity contribution in [1.82, 2.24) is 10.6 Å². The molecule has 2 N–H and O–H groups in total. The Balaban J connectivity index is 3.33. The average molecular weight is 183 g/mol. The molecule has 0 saturated heterocycles. The summed E-state index contributed by atoms with van der Waals surface area (Å²) in [6.45, 7) is 2.47. The lowest BCUT2D eigenvalue weighted by atomic mass is 10.2. The highest BCUT2D eigenvalue weighted by Crippen LogP contribution is 1.91. The second-order valence-corrected chi connectivity index (χ2v) is 2.92. The Labute approximate surface area is 79.3 Å². The number of nitrogens with zero attached hydrogens (tertiary/aromatic N) is 1. The van der Waals surface area contributed by atoms with Gasteiger partial charge in [-0.2, -0.15) is 5.26 Å². The summed E-state index contributed by atoms with van der Waals surface area (Å²) in [4.78, 5) is 11.2. The molecule has 0 radical (unpaired) electrons. The molecule has 1 unspecified atom stereocenters. The first-order valence-corrected chi connectivity index (χ1v) is 4.54. The summed E-state index contributed by atoms with van der Waals surface area (Å²) >= 11 is 0. The Kier molecular flexibility index (Phi) is 6.93. The second kappa shape index (κ2) is 7.56. The van der Waals surface area contributed by atoms with Gasteiger partial charge in [0.05, 0.1) is 12.1 Å². The number of carbonyl (C=O) groups excluding carboxylic acids is 1. The van der Waals surface area contributed by atoms with Gasteiger partial charge in [0.15, 0.2) is 0 Å². The van der Waals surface area contributed by atoms with Gasteiger partial charge >= 0.3 is 0 Å². The van der Waals surface area contributed by atoms with Gasteiger partial charge in [0.25, 0.3) is 0 Å². The van der Waals surface area contributed by atoms with Crippen LogP contribution in [0.25, 0.3) is 0 Å². The van der Waals surface area contributed by atoms with Crippen molar-refractivity contribution in [3.05, 3.63) is 0 Å². The minimum Gasteiger partial charge on any atom is -0.355 e. The average Bonchev–Trinajstić information content (AvgIpc) is 2.16. The molecule has 0 aromatic heterocycles. The van der Waals surface area contributed by atoms with Gasteiger partial charge in [0, 0.05) is 13.0 Å². The number of nitriles is 1. The highest BCUT2D eigenvalue weighted by molar-refractivity contribution is 5.81. The Morgan fingerprint density at radius 2 is 2.23 bits per heavy atom. The SMILES string of the molecule is CNC(C)C(=O)NCCCCC#N. The molecule has 0 bridgehead atoms. The molecular formula is C9H17N3O. The number of rotatable bonds is 6. The van der Waals surface area contributed by atoms with Gasteiger partial charge in [-0.25, -0.2) is 0 Å². The summed E-state index contributed by atoms with van der Waals surface area (Å²) in [5.41, 5.74) is 0. The predicted octanol–water partition coefficient (Wildman–Crippen LogP) is 0.404. The largest absolute Gasteiger partial charge is 0.355 e. The van der Waals surface area contributed by atoms with Crippen LogP contribution in [0.3, 0.4) is 0 Å². The van der Waals surface area contributed by atoms with Gasteiger partial charge in [-0.3, -0.25) is 4.79 Å². The summed E-state index contributed by atoms with van der Waals surface area (Å²) in [6.07, 6.45) is 2.29. The van der Waals surface area contributed by atoms with Crippen LogP contribution in [0.4, 0.5) is 0 Å². The van der Waals surface area contributed by atoms with E-state index in [0.717, 1.165) is 12.8 Å². The molecule has 1 amide bonds. The van der Waals surface area contributed by atoms with Gasteiger partial charge in [0.2, 0.25) is 5.91 Å². The van der Waals surface area contributed by atoms with Crippen molar-refractivity contribution in [3.63, 3.8) is 0 Å². The van der Waals surface area contributed by atoms with Crippen LogP contribution in [0.1, 0.15) is 26.2 Å². The number of hydrogen-bond donors (Lipinski definition) is 2. The molecule has 0 aromatic carbocycles. The Morgan fingerprint density at radius 1 is 1.54 bits per heavy atom. The van der Waals surface area contributed by atoms with Gasteiger partial charge in [-0.05, 0) is 26.8 Å². The van der Waals surface area contributed by atoms with Crippen molar-refractivity contribution < 1.29 is 4.79 Å². The molecule has 0 aliphatic heterocycles. The van der Waals surface area contributed by atoms with E-state index < -0.39 is 0 Å². The molecule has 4 heteroatoms. The molecule has 0 spiro atoms. The first kappa shape index (κ1) is 11.9. The summed E-state index contributed by atoms with van der Waals surface area (Å²) in [5, 5.41) is 13.9. The third-order valence-corrected chi connectivity index (χ3v) is 1.84. The van der Waals surface area contributed by atoms with Crippen molar-refractivity contribution in [2.75, 3.05) is 13.6 Å². The lowest BCUT2D eigenvalue weighted by Crippen LogP contribution is -2.40. The number of amides is 1. The van der Waals surface area contributed by atoms with Crippen molar-refractivity contribution in [2.24, 2.45) is 0 Å². The van der Waals surface area contributed by atoms with E-state index >= 15 is 0 Å². The minimum absolute atomic E-state index is 0.0134. The van der Waals surface area contributed by atoms with Crippen molar-refractivity contribution in [2.45, 2.75) is 32.2 Å². The van der Waals surface area contributed by atoms with Gasteiger partial charge < -0.3 is 10.6 Å². The van der Waals surface area contributed by atoms with Gasteiger partial charge in [-0.15, -0.1) is 0 Å². The Morgan fingerprint density at radius 3 is 2.77 bits per heavy atom. The maximum atomic E-state index is 11.2. The smallest absolute Gasteiger partial charge is 0.236 e. The minimum atomic E-state index is -0.143. The lowest BCUT2D eigenvalue weighted by molar-refractivity contribution is -0.122. The highest BCUT2D eigenvalue weighted by atomic mass is 16.2. The standard InChI is InChI=1S/C9H17N3O/c1-8(11-2)9(13)12-7-5-3-4-6-10/h8,11H,3-5,7H2,1-2H3,(H,12,13). The van der Waals surface area contributed by atoms with Crippen LogP contribution in [0.5, 0.6) is 0 Å². The van der Waals surface area contributed by atoms with Crippen molar-refractivity contribution in [3.8, 4) is 6.07 Å². The molecule has 1 atom stereocenters. The van der Waals surface area contributed by atoms with Crippen molar-refractivity contribution in [1.29, 1.82) is 5.26 Å². The third kappa shape index (κ3) is 6.12. The zero-order valence-corrected chi connectivity index (χ0v) is 8.26. The van der Waals surface area contributed by atoms with E-state index in [-0.39, 0.29) is 11.9 Å². The quantitative estimate of drug-likeness (QED) is 0.586. The molecule has 0 rings (SSSR count). The van der Waals surface area contributed by atoms with Crippen LogP contribution in [-0.2, 0) is 4.79 Å². The second-order valence-electron chi connectivity index (χ2n) is 2.92. The summed E-state index contributed by atoms with van der Waals surface area (Å²) in [6, 6.07) is 1.92. The zero-order valence-electron chi connectivity index (χ0n) is 8.26. The molecule has 0 saturated carbocycles. The fourth-order valence-electron chi connectivity index (χ4n) is 0.825. The number of unbranched alkanes of at least 4 members (excludes halogenated alkanes) is 2. The van der Waals surface area contributed by atoms with Gasteiger partial charge in [-0.1, -0.05) is 0 Å². The molecule has 4 nitrogen and oxygen atoms in total. The van der Waals surface area contributed by atoms with Crippen LogP contribution in [0.2, 0.25) is 0 Å². The monoisotopic (exact) mass is 183 g/mol. The Hall–Kier alpha value is -1.08. The lowest BCUT2D eigenvalue weighted by Gasteiger charge is -2.10. The van der Waals surface area contributed by atoms with Gasteiger partial charge in [0.1, 0.15) is 0 Å². The number of carbonyl (C=O) groups is 1. The first-order valence-electron chi connectivity index (χ1n) is 4.54. The molecular weight excluding hydrogens is 166 g/mol. The zero-order chi connectivity index (χ0) is 10.1. The molecule has 0 aliphatic carbocycles. The van der Waals surface area contributed by atoms with Crippen LogP contribution >= 0.6 is 0 Å². The van der Waals surface area contributed by atoms with Crippen LogP contribution in [0, 0.1) is 11.3 Å². The molecule has 13 heavy (non-hydrogen) atoms. The first-order chi connectivity index (χ1) is 6.22. The van der Waals surface area contributed by atoms with E-state index in [4.69, 9.17) is 5.26 Å². The third-order valence-electron chi connectivity index (χ3n) is 1.84. The maximum absolute atomic E-state index is 11.2. The fraction of sp³-hybridized carbons (Fsp3) is 0.778. The highest BCUT2D eigenvalue weighted by Gasteiger charge is 2.07. The Bertz CT molecular complexity index is 186. The van der Waals surface area contributed by atoms with E-state index in [1.54, 1.807) is 7.05 Å². The van der Waals surface area contributed by atoms with E-state index in [1.165, 1.54) is 0 Å². The number of nitrogens with one attached hydrogen (secondary N) is 2. The summed E-state index contributed by atoms with van der Waals surface area (Å²) in [5.74, 6) is 0.0134. The predicted molar refractivity (Wildman–Crippen MR) is 51.0 cm³/mol. The molecule has 74 valence electrons. The molecule has 0 aliphatic rings. The number of likely N-dealkylation sites (N-methyl/N-ethyl adjacent to an activating group) is 1. The molecule has 0 fully saturated rings. The molecule has 0 heterocycles. The number of hydrogen-bond acceptors (Lipinski definition) is 3. The van der Waals surface area contributed by atoms with E-state index in [1.807, 2.05) is 6.92 Å². The summed E-state index contributed by atoms with van der Waals surface area (Å²) < 4.78 is 0.